The molecule has 1 aromatic heterocycles. The molecule has 0 aliphatic rings. The van der Waals surface area contributed by atoms with Crippen LogP contribution in [-0.2, 0) is 9.53 Å². The molecule has 3 rings (SSSR count). The first-order valence-corrected chi connectivity index (χ1v) is 8.36. The Morgan fingerprint density at radius 1 is 1.00 bits per heavy atom. The number of fused-ring (bicyclic) bond motifs is 1. The van der Waals surface area contributed by atoms with Gasteiger partial charge in [0.25, 0.3) is 0 Å². The molecule has 0 atom stereocenters. The van der Waals surface area contributed by atoms with Crippen LogP contribution in [-0.4, -0.2) is 17.4 Å². The van der Waals surface area contributed by atoms with Gasteiger partial charge < -0.3 is 9.15 Å². The molecule has 0 bridgehead atoms. The highest BCUT2D eigenvalue weighted by Crippen LogP contribution is 2.22. The first kappa shape index (κ1) is 17.7. The zero-order chi connectivity index (χ0) is 18.7. The maximum Gasteiger partial charge on any atom is 0.331 e. The van der Waals surface area contributed by atoms with Crippen molar-refractivity contribution in [3.05, 3.63) is 77.6 Å². The third-order valence-corrected chi connectivity index (χ3v) is 3.62. The Balaban J connectivity index is 1.80. The summed E-state index contributed by atoms with van der Waals surface area (Å²) < 4.78 is 10.9. The van der Waals surface area contributed by atoms with Crippen molar-refractivity contribution in [2.75, 3.05) is 0 Å². The molecule has 0 amide bonds. The molecule has 0 unspecified atom stereocenters. The van der Waals surface area contributed by atoms with Gasteiger partial charge >= 0.3 is 5.97 Å². The van der Waals surface area contributed by atoms with E-state index in [0.717, 1.165) is 10.9 Å². The number of carbonyl (C=O) groups is 2. The first-order valence-electron chi connectivity index (χ1n) is 8.36. The highest BCUT2D eigenvalue weighted by atomic mass is 16.6. The number of ketones is 1. The third-order valence-electron chi connectivity index (χ3n) is 3.62. The second-order valence-electron chi connectivity index (χ2n) is 6.97. The smallest absolute Gasteiger partial charge is 0.331 e. The average Bonchev–Trinajstić information content (AvgIpc) is 3.02. The Kier molecular flexibility index (Phi) is 4.76. The van der Waals surface area contributed by atoms with E-state index in [4.69, 9.17) is 9.15 Å². The van der Waals surface area contributed by atoms with Crippen molar-refractivity contribution in [1.29, 1.82) is 0 Å². The first-order chi connectivity index (χ1) is 12.3. The Labute approximate surface area is 152 Å². The summed E-state index contributed by atoms with van der Waals surface area (Å²) in [7, 11) is 0. The summed E-state index contributed by atoms with van der Waals surface area (Å²) in [5, 5.41) is 0.886. The van der Waals surface area contributed by atoms with Crippen LogP contribution in [0.4, 0.5) is 0 Å². The summed E-state index contributed by atoms with van der Waals surface area (Å²) in [5.41, 5.74) is 1.37. The molecule has 132 valence electrons. The summed E-state index contributed by atoms with van der Waals surface area (Å²) in [4.78, 5) is 24.5. The summed E-state index contributed by atoms with van der Waals surface area (Å²) in [6.45, 7) is 5.43. The number of carbonyl (C=O) groups excluding carboxylic acids is 2. The van der Waals surface area contributed by atoms with Crippen LogP contribution in [0.1, 0.15) is 42.5 Å². The molecule has 0 saturated heterocycles. The van der Waals surface area contributed by atoms with E-state index < -0.39 is 11.6 Å². The molecule has 4 nitrogen and oxygen atoms in total. The molecule has 0 aliphatic heterocycles. The highest BCUT2D eigenvalue weighted by Gasteiger charge is 2.15. The van der Waals surface area contributed by atoms with Gasteiger partial charge in [-0.1, -0.05) is 36.4 Å². The molecular weight excluding hydrogens is 328 g/mol. The second kappa shape index (κ2) is 7.00. The maximum absolute atomic E-state index is 12.7. The lowest BCUT2D eigenvalue weighted by molar-refractivity contribution is -0.148. The van der Waals surface area contributed by atoms with Gasteiger partial charge in [-0.2, -0.15) is 0 Å². The van der Waals surface area contributed by atoms with Gasteiger partial charge in [0, 0.05) is 17.0 Å². The van der Waals surface area contributed by atoms with E-state index in [0.29, 0.717) is 16.9 Å². The van der Waals surface area contributed by atoms with E-state index in [1.54, 1.807) is 30.3 Å². The lowest BCUT2D eigenvalue weighted by atomic mass is 10.1. The summed E-state index contributed by atoms with van der Waals surface area (Å²) >= 11 is 0. The fraction of sp³-hybridized carbons (Fsp3) is 0.182. The predicted molar refractivity (Wildman–Crippen MR) is 101 cm³/mol. The molecule has 0 fully saturated rings. The van der Waals surface area contributed by atoms with Crippen molar-refractivity contribution in [3.63, 3.8) is 0 Å². The molecule has 4 heteroatoms. The van der Waals surface area contributed by atoms with Gasteiger partial charge in [0.15, 0.2) is 5.76 Å². The van der Waals surface area contributed by atoms with Crippen LogP contribution >= 0.6 is 0 Å². The predicted octanol–water partition coefficient (Wildman–Crippen LogP) is 5.02. The second-order valence-corrected chi connectivity index (χ2v) is 6.97. The molecule has 0 N–H and O–H groups in total. The molecule has 1 heterocycles. The van der Waals surface area contributed by atoms with Crippen LogP contribution in [0.2, 0.25) is 0 Å². The van der Waals surface area contributed by atoms with Gasteiger partial charge in [-0.3, -0.25) is 4.79 Å². The molecule has 0 spiro atoms. The minimum atomic E-state index is -0.541. The molecule has 0 saturated carbocycles. The number of hydrogen-bond donors (Lipinski definition) is 0. The van der Waals surface area contributed by atoms with Gasteiger partial charge in [0.05, 0.1) is 0 Å². The van der Waals surface area contributed by atoms with Crippen molar-refractivity contribution in [2.24, 2.45) is 0 Å². The topological polar surface area (TPSA) is 56.5 Å². The van der Waals surface area contributed by atoms with Crippen molar-refractivity contribution < 1.29 is 18.7 Å². The minimum Gasteiger partial charge on any atom is -0.457 e. The third kappa shape index (κ3) is 4.28. The van der Waals surface area contributed by atoms with Gasteiger partial charge in [-0.25, -0.2) is 4.79 Å². The number of para-hydroxylation sites is 1. The van der Waals surface area contributed by atoms with Crippen LogP contribution < -0.4 is 0 Å². The van der Waals surface area contributed by atoms with Crippen LogP contribution in [0.25, 0.3) is 17.0 Å². The van der Waals surface area contributed by atoms with Crippen molar-refractivity contribution in [1.82, 2.24) is 0 Å². The number of esters is 1. The van der Waals surface area contributed by atoms with Crippen LogP contribution in [0, 0.1) is 0 Å². The molecule has 2 aromatic carbocycles. The number of hydrogen-bond acceptors (Lipinski definition) is 4. The highest BCUT2D eigenvalue weighted by molar-refractivity contribution is 6.09. The van der Waals surface area contributed by atoms with E-state index in [1.807, 2.05) is 51.1 Å². The van der Waals surface area contributed by atoms with Crippen LogP contribution in [0.3, 0.4) is 0 Å². The zero-order valence-electron chi connectivity index (χ0n) is 15.0. The summed E-state index contributed by atoms with van der Waals surface area (Å²) in [5.74, 6) is -0.334. The van der Waals surface area contributed by atoms with E-state index in [9.17, 15) is 9.59 Å². The number of ether oxygens (including phenoxy) is 1. The quantitative estimate of drug-likeness (QED) is 0.377. The largest absolute Gasteiger partial charge is 0.457 e. The normalized spacial score (nSPS) is 11.8. The van der Waals surface area contributed by atoms with Crippen LogP contribution in [0.15, 0.2) is 65.1 Å². The van der Waals surface area contributed by atoms with E-state index in [2.05, 4.69) is 0 Å². The number of rotatable bonds is 4. The Morgan fingerprint density at radius 2 is 1.77 bits per heavy atom. The van der Waals surface area contributed by atoms with Crippen LogP contribution in [0.5, 0.6) is 0 Å². The van der Waals surface area contributed by atoms with Gasteiger partial charge in [-0.05, 0) is 50.6 Å². The summed E-state index contributed by atoms with van der Waals surface area (Å²) in [6, 6.07) is 16.2. The average molecular weight is 348 g/mol. The van der Waals surface area contributed by atoms with Gasteiger partial charge in [-0.15, -0.1) is 0 Å². The number of furan rings is 1. The molecule has 3 aromatic rings. The zero-order valence-corrected chi connectivity index (χ0v) is 15.0. The SMILES string of the molecule is CC(C)(C)OC(=O)/C=C/c1cccc(C(=O)c2cc3ccccc3o2)c1. The summed E-state index contributed by atoms with van der Waals surface area (Å²) in [6.07, 6.45) is 2.99. The maximum atomic E-state index is 12.7. The molecule has 0 aliphatic carbocycles. The van der Waals surface area contributed by atoms with Crippen molar-refractivity contribution >= 4 is 28.8 Å². The Morgan fingerprint density at radius 3 is 2.50 bits per heavy atom. The van der Waals surface area contributed by atoms with Gasteiger partial charge in [0.1, 0.15) is 11.2 Å². The molecule has 0 radical (unpaired) electrons. The lowest BCUT2D eigenvalue weighted by Gasteiger charge is -2.17. The van der Waals surface area contributed by atoms with E-state index in [-0.39, 0.29) is 5.78 Å². The van der Waals surface area contributed by atoms with E-state index in [1.165, 1.54) is 6.08 Å². The Hall–Kier alpha value is -3.14. The number of benzene rings is 2. The van der Waals surface area contributed by atoms with Gasteiger partial charge in [0.2, 0.25) is 5.78 Å². The Bertz CT molecular complexity index is 954. The fourth-order valence-electron chi connectivity index (χ4n) is 2.52. The minimum absolute atomic E-state index is 0.200. The lowest BCUT2D eigenvalue weighted by Crippen LogP contribution is -2.22. The fourth-order valence-corrected chi connectivity index (χ4v) is 2.52. The van der Waals surface area contributed by atoms with E-state index >= 15 is 0 Å². The van der Waals surface area contributed by atoms with Crippen molar-refractivity contribution in [3.8, 4) is 0 Å². The standard InChI is InChI=1S/C22H20O4/c1-22(2,3)26-20(23)12-11-15-7-6-9-17(13-15)21(24)19-14-16-8-4-5-10-18(16)25-19/h4-14H,1-3H3/b12-11+. The monoisotopic (exact) mass is 348 g/mol. The molecular formula is C22H20O4. The van der Waals surface area contributed by atoms with Crippen molar-refractivity contribution in [2.45, 2.75) is 26.4 Å². The molecule has 26 heavy (non-hydrogen) atoms.